The van der Waals surface area contributed by atoms with Crippen molar-refractivity contribution < 1.29 is 28.3 Å². The van der Waals surface area contributed by atoms with Crippen LogP contribution in [0.4, 0.5) is 0 Å². The van der Waals surface area contributed by atoms with E-state index in [2.05, 4.69) is 5.32 Å². The van der Waals surface area contributed by atoms with E-state index in [1.54, 1.807) is 19.2 Å². The second-order valence-electron chi connectivity index (χ2n) is 4.76. The molecular weight excluding hydrogens is 290 g/mol. The van der Waals surface area contributed by atoms with Gasteiger partial charge in [-0.25, -0.2) is 4.79 Å². The van der Waals surface area contributed by atoms with Gasteiger partial charge in [-0.1, -0.05) is 0 Å². The molecule has 22 heavy (non-hydrogen) atoms. The fourth-order valence-electron chi connectivity index (χ4n) is 1.96. The molecule has 0 aromatic carbocycles. The molecule has 0 bridgehead atoms. The average Bonchev–Trinajstić information content (AvgIpc) is 3.12. The van der Waals surface area contributed by atoms with Crippen molar-refractivity contribution in [2.24, 2.45) is 0 Å². The average molecular weight is 307 g/mol. The predicted octanol–water partition coefficient (Wildman–Crippen LogP) is 2.39. The molecule has 1 unspecified atom stereocenters. The van der Waals surface area contributed by atoms with E-state index >= 15 is 0 Å². The second-order valence-corrected chi connectivity index (χ2v) is 4.76. The molecule has 0 aliphatic carbocycles. The predicted molar refractivity (Wildman–Crippen MR) is 75.8 cm³/mol. The molecule has 1 amide bonds. The van der Waals surface area contributed by atoms with Crippen molar-refractivity contribution in [3.05, 3.63) is 47.3 Å². The number of carbonyl (C=O) groups excluding carboxylic acids is 1. The lowest BCUT2D eigenvalue weighted by molar-refractivity contribution is 0.0695. The quantitative estimate of drug-likeness (QED) is 0.814. The van der Waals surface area contributed by atoms with Crippen LogP contribution < -0.4 is 5.32 Å². The zero-order chi connectivity index (χ0) is 16.1. The number of carboxylic acid groups (broad SMARTS) is 1. The molecule has 0 saturated heterocycles. The molecule has 0 spiro atoms. The molecule has 2 aromatic rings. The molecular formula is C15H17NO6. The zero-order valence-electron chi connectivity index (χ0n) is 12.3. The first kappa shape index (κ1) is 15.8. The summed E-state index contributed by atoms with van der Waals surface area (Å²) < 4.78 is 15.5. The number of aryl methyl sites for hydroxylation is 1. The number of furan rings is 2. The molecule has 0 fully saturated rings. The fraction of sp³-hybridized carbons (Fsp3) is 0.333. The number of hydrogen-bond acceptors (Lipinski definition) is 5. The van der Waals surface area contributed by atoms with Crippen LogP contribution in [0.5, 0.6) is 0 Å². The third-order valence-electron chi connectivity index (χ3n) is 3.09. The van der Waals surface area contributed by atoms with Gasteiger partial charge < -0.3 is 24.0 Å². The van der Waals surface area contributed by atoms with Crippen molar-refractivity contribution in [2.75, 3.05) is 13.7 Å². The molecule has 2 rings (SSSR count). The van der Waals surface area contributed by atoms with Gasteiger partial charge in [0.15, 0.2) is 5.76 Å². The highest BCUT2D eigenvalue weighted by Crippen LogP contribution is 2.20. The Morgan fingerprint density at radius 1 is 1.41 bits per heavy atom. The minimum Gasteiger partial charge on any atom is -0.478 e. The number of hydrogen-bond donors (Lipinski definition) is 2. The second kappa shape index (κ2) is 6.95. The highest BCUT2D eigenvalue weighted by molar-refractivity contribution is 5.95. The molecule has 1 atom stereocenters. The molecule has 0 saturated carbocycles. The maximum Gasteiger partial charge on any atom is 0.338 e. The van der Waals surface area contributed by atoms with Crippen LogP contribution in [0.25, 0.3) is 0 Å². The Bertz CT molecular complexity index is 657. The highest BCUT2D eigenvalue weighted by atomic mass is 16.5. The fourth-order valence-corrected chi connectivity index (χ4v) is 1.96. The van der Waals surface area contributed by atoms with E-state index in [0.717, 1.165) is 12.0 Å². The topological polar surface area (TPSA) is 102 Å². The van der Waals surface area contributed by atoms with E-state index in [9.17, 15) is 9.59 Å². The summed E-state index contributed by atoms with van der Waals surface area (Å²) in [5.74, 6) is -0.392. The van der Waals surface area contributed by atoms with Crippen molar-refractivity contribution in [3.63, 3.8) is 0 Å². The van der Waals surface area contributed by atoms with E-state index in [0.29, 0.717) is 18.8 Å². The van der Waals surface area contributed by atoms with Crippen molar-refractivity contribution in [1.29, 1.82) is 0 Å². The first-order valence-corrected chi connectivity index (χ1v) is 6.69. The monoisotopic (exact) mass is 307 g/mol. The van der Waals surface area contributed by atoms with Crippen LogP contribution in [0.15, 0.2) is 33.3 Å². The van der Waals surface area contributed by atoms with E-state index in [4.69, 9.17) is 18.7 Å². The van der Waals surface area contributed by atoms with Gasteiger partial charge in [0.1, 0.15) is 17.8 Å². The van der Waals surface area contributed by atoms with Gasteiger partial charge in [-0.2, -0.15) is 0 Å². The van der Waals surface area contributed by atoms with E-state index < -0.39 is 11.9 Å². The van der Waals surface area contributed by atoms with Crippen molar-refractivity contribution >= 4 is 11.9 Å². The summed E-state index contributed by atoms with van der Waals surface area (Å²) in [5.41, 5.74) is -0.0764. The lowest BCUT2D eigenvalue weighted by Gasteiger charge is -2.15. The Labute approximate surface area is 126 Å². The lowest BCUT2D eigenvalue weighted by Crippen LogP contribution is -2.28. The highest BCUT2D eigenvalue weighted by Gasteiger charge is 2.21. The summed E-state index contributed by atoms with van der Waals surface area (Å²) in [6.07, 6.45) is 1.54. The van der Waals surface area contributed by atoms with Gasteiger partial charge in [0.25, 0.3) is 5.91 Å². The summed E-state index contributed by atoms with van der Waals surface area (Å²) in [6.45, 7) is 2.24. The van der Waals surface area contributed by atoms with Gasteiger partial charge in [-0.05, 0) is 25.5 Å². The van der Waals surface area contributed by atoms with Crippen molar-refractivity contribution in [2.45, 2.75) is 19.4 Å². The number of rotatable bonds is 7. The van der Waals surface area contributed by atoms with Gasteiger partial charge in [0.05, 0.1) is 11.6 Å². The molecule has 2 aromatic heterocycles. The van der Waals surface area contributed by atoms with Crippen LogP contribution in [0.1, 0.15) is 44.9 Å². The normalized spacial score (nSPS) is 12.1. The molecule has 0 aliphatic heterocycles. The third-order valence-corrected chi connectivity index (χ3v) is 3.09. The summed E-state index contributed by atoms with van der Waals surface area (Å²) >= 11 is 0. The molecule has 0 radical (unpaired) electrons. The number of nitrogens with one attached hydrogen (secondary N) is 1. The van der Waals surface area contributed by atoms with Gasteiger partial charge in [0.2, 0.25) is 0 Å². The molecule has 2 N–H and O–H groups in total. The van der Waals surface area contributed by atoms with Crippen molar-refractivity contribution in [3.8, 4) is 0 Å². The first-order chi connectivity index (χ1) is 10.5. The molecule has 7 nitrogen and oxygen atoms in total. The Morgan fingerprint density at radius 2 is 2.18 bits per heavy atom. The van der Waals surface area contributed by atoms with Crippen LogP contribution in [-0.4, -0.2) is 30.7 Å². The van der Waals surface area contributed by atoms with Gasteiger partial charge in [-0.3, -0.25) is 4.79 Å². The summed E-state index contributed by atoms with van der Waals surface area (Å²) in [5, 5.41) is 11.6. The summed E-state index contributed by atoms with van der Waals surface area (Å²) in [7, 11) is 1.57. The minimum absolute atomic E-state index is 0.0666. The number of aromatic carboxylic acids is 1. The Balaban J connectivity index is 2.11. The zero-order valence-corrected chi connectivity index (χ0v) is 12.3. The largest absolute Gasteiger partial charge is 0.478 e. The molecule has 7 heteroatoms. The maximum absolute atomic E-state index is 12.2. The van der Waals surface area contributed by atoms with Crippen LogP contribution >= 0.6 is 0 Å². The van der Waals surface area contributed by atoms with E-state index in [-0.39, 0.29) is 17.4 Å². The molecule has 118 valence electrons. The smallest absolute Gasteiger partial charge is 0.338 e. The standard InChI is InChI=1S/C15H17NO6/c1-9-3-4-12(22-9)11(5-6-20-2)16-14(17)13-7-10(8-21-13)15(18)19/h3-4,7-8,11H,5-6H2,1-2H3,(H,16,17)(H,18,19). The Morgan fingerprint density at radius 3 is 2.73 bits per heavy atom. The summed E-state index contributed by atoms with van der Waals surface area (Å²) in [6, 6.07) is 4.37. The van der Waals surface area contributed by atoms with Gasteiger partial charge in [0, 0.05) is 19.8 Å². The van der Waals surface area contributed by atoms with Crippen molar-refractivity contribution in [1.82, 2.24) is 5.32 Å². The minimum atomic E-state index is -1.15. The SMILES string of the molecule is COCCC(NC(=O)c1cc(C(=O)O)co1)c1ccc(C)o1. The number of carbonyl (C=O) groups is 2. The number of methoxy groups -OCH3 is 1. The Kier molecular flexibility index (Phi) is 5.00. The van der Waals surface area contributed by atoms with Crippen LogP contribution in [-0.2, 0) is 4.74 Å². The van der Waals surface area contributed by atoms with E-state index in [1.165, 1.54) is 6.07 Å². The third kappa shape index (κ3) is 3.76. The van der Waals surface area contributed by atoms with Crippen LogP contribution in [0.2, 0.25) is 0 Å². The number of amides is 1. The Hall–Kier alpha value is -2.54. The van der Waals surface area contributed by atoms with Crippen LogP contribution in [0, 0.1) is 6.92 Å². The van der Waals surface area contributed by atoms with Gasteiger partial charge >= 0.3 is 5.97 Å². The van der Waals surface area contributed by atoms with Crippen LogP contribution in [0.3, 0.4) is 0 Å². The first-order valence-electron chi connectivity index (χ1n) is 6.69. The molecule has 2 heterocycles. The number of ether oxygens (including phenoxy) is 1. The van der Waals surface area contributed by atoms with E-state index in [1.807, 2.05) is 6.92 Å². The lowest BCUT2D eigenvalue weighted by atomic mass is 10.1. The maximum atomic E-state index is 12.2. The van der Waals surface area contributed by atoms with Gasteiger partial charge in [-0.15, -0.1) is 0 Å². The number of carboxylic acids is 1. The molecule has 0 aliphatic rings. The summed E-state index contributed by atoms with van der Waals surface area (Å²) in [4.78, 5) is 23.0.